The van der Waals surface area contributed by atoms with Crippen molar-refractivity contribution in [3.05, 3.63) is 143 Å². The Morgan fingerprint density at radius 3 is 1.86 bits per heavy atom. The monoisotopic (exact) mass is 470 g/mol. The molecule has 1 amide bonds. The molecule has 1 aromatic heterocycles. The topological polar surface area (TPSA) is 25.2 Å². The van der Waals surface area contributed by atoms with Crippen molar-refractivity contribution < 1.29 is 4.79 Å². The number of hydrogen-bond donors (Lipinski definition) is 0. The first-order valence-electron chi connectivity index (χ1n) is 12.8. The van der Waals surface area contributed by atoms with E-state index in [1.165, 1.54) is 38.9 Å². The summed E-state index contributed by atoms with van der Waals surface area (Å²) in [5.74, 6) is -0.0108. The lowest BCUT2D eigenvalue weighted by Gasteiger charge is -2.26. The van der Waals surface area contributed by atoms with Crippen molar-refractivity contribution >= 4 is 16.8 Å². The Kier molecular flexibility index (Phi) is 6.13. The smallest absolute Gasteiger partial charge is 0.232 e. The molecule has 1 unspecified atom stereocenters. The highest BCUT2D eigenvalue weighted by molar-refractivity contribution is 5.92. The van der Waals surface area contributed by atoms with Crippen LogP contribution in [0.4, 0.5) is 0 Å². The van der Waals surface area contributed by atoms with Crippen LogP contribution in [-0.2, 0) is 30.7 Å². The molecular weight excluding hydrogens is 440 g/mol. The lowest BCUT2D eigenvalue weighted by molar-refractivity contribution is -0.133. The van der Waals surface area contributed by atoms with Crippen molar-refractivity contribution in [3.8, 4) is 0 Å². The molecule has 6 rings (SSSR count). The first-order chi connectivity index (χ1) is 17.8. The second kappa shape index (κ2) is 9.87. The summed E-state index contributed by atoms with van der Waals surface area (Å²) in [5, 5.41) is 1.27. The number of carbonyl (C=O) groups is 1. The highest BCUT2D eigenvalue weighted by atomic mass is 16.2. The lowest BCUT2D eigenvalue weighted by Crippen LogP contribution is -2.35. The number of rotatable bonds is 6. The molecule has 0 N–H and O–H groups in total. The summed E-state index contributed by atoms with van der Waals surface area (Å²) in [4.78, 5) is 16.4. The maximum atomic E-state index is 14.3. The Balaban J connectivity index is 1.49. The third-order valence-corrected chi connectivity index (χ3v) is 7.37. The predicted octanol–water partition coefficient (Wildman–Crippen LogP) is 6.60. The molecule has 1 aliphatic rings. The molecule has 178 valence electrons. The van der Waals surface area contributed by atoms with E-state index >= 15 is 0 Å². The van der Waals surface area contributed by atoms with Gasteiger partial charge in [0.15, 0.2) is 0 Å². The number of aromatic nitrogens is 1. The molecule has 3 nitrogen and oxygen atoms in total. The van der Waals surface area contributed by atoms with Gasteiger partial charge in [-0.15, -0.1) is 0 Å². The zero-order valence-electron chi connectivity index (χ0n) is 20.4. The van der Waals surface area contributed by atoms with Gasteiger partial charge in [-0.2, -0.15) is 0 Å². The zero-order chi connectivity index (χ0) is 24.3. The van der Waals surface area contributed by atoms with E-state index in [4.69, 9.17) is 0 Å². The van der Waals surface area contributed by atoms with Crippen LogP contribution in [0.15, 0.2) is 115 Å². The van der Waals surface area contributed by atoms with Gasteiger partial charge >= 0.3 is 0 Å². The third kappa shape index (κ3) is 4.33. The number of carbonyl (C=O) groups excluding carboxylic acids is 1. The normalized spacial score (nSPS) is 15.6. The molecule has 2 heterocycles. The van der Waals surface area contributed by atoms with Crippen LogP contribution in [0.25, 0.3) is 10.9 Å². The fraction of sp³-hybridized carbons (Fsp3) is 0.182. The molecule has 5 aromatic rings. The first-order valence-corrected chi connectivity index (χ1v) is 12.8. The van der Waals surface area contributed by atoms with E-state index in [0.717, 1.165) is 19.5 Å². The highest BCUT2D eigenvalue weighted by Crippen LogP contribution is 2.37. The van der Waals surface area contributed by atoms with Gasteiger partial charge < -0.3 is 9.47 Å². The number of nitrogens with zero attached hydrogens (tertiary/aromatic N) is 2. The number of benzene rings is 4. The van der Waals surface area contributed by atoms with Crippen molar-refractivity contribution in [2.75, 3.05) is 6.54 Å². The molecule has 0 spiro atoms. The minimum absolute atomic E-state index is 0.221. The minimum atomic E-state index is -0.232. The van der Waals surface area contributed by atoms with Crippen molar-refractivity contribution in [1.82, 2.24) is 9.47 Å². The van der Waals surface area contributed by atoms with E-state index < -0.39 is 0 Å². The third-order valence-electron chi connectivity index (χ3n) is 7.37. The molecule has 0 bridgehead atoms. The zero-order valence-corrected chi connectivity index (χ0v) is 20.4. The van der Waals surface area contributed by atoms with Crippen molar-refractivity contribution in [3.63, 3.8) is 0 Å². The summed E-state index contributed by atoms with van der Waals surface area (Å²) in [5.41, 5.74) is 7.34. The molecule has 0 saturated heterocycles. The van der Waals surface area contributed by atoms with Crippen molar-refractivity contribution in [2.45, 2.75) is 31.8 Å². The van der Waals surface area contributed by atoms with Crippen LogP contribution < -0.4 is 0 Å². The van der Waals surface area contributed by atoms with Crippen LogP contribution in [0.2, 0.25) is 0 Å². The summed E-state index contributed by atoms with van der Waals surface area (Å²) in [6, 6.07) is 40.1. The summed E-state index contributed by atoms with van der Waals surface area (Å²) < 4.78 is 2.41. The minimum Gasteiger partial charge on any atom is -0.339 e. The summed E-state index contributed by atoms with van der Waals surface area (Å²) >= 11 is 0. The number of amides is 1. The Bertz CT molecular complexity index is 1470. The van der Waals surface area contributed by atoms with E-state index in [1.807, 2.05) is 12.1 Å². The van der Waals surface area contributed by atoms with E-state index in [2.05, 4.69) is 113 Å². The molecule has 0 radical (unpaired) electrons. The second-order valence-electron chi connectivity index (χ2n) is 9.69. The van der Waals surface area contributed by atoms with E-state index in [-0.39, 0.29) is 11.8 Å². The maximum Gasteiger partial charge on any atom is 0.232 e. The average molecular weight is 471 g/mol. The quantitative estimate of drug-likeness (QED) is 0.274. The first kappa shape index (κ1) is 22.4. The molecule has 36 heavy (non-hydrogen) atoms. The van der Waals surface area contributed by atoms with Gasteiger partial charge in [0.25, 0.3) is 0 Å². The van der Waals surface area contributed by atoms with Gasteiger partial charge in [-0.05, 0) is 41.2 Å². The lowest BCUT2D eigenvalue weighted by atomic mass is 9.92. The van der Waals surface area contributed by atoms with Gasteiger partial charge in [0.2, 0.25) is 5.91 Å². The summed E-state index contributed by atoms with van der Waals surface area (Å²) in [7, 11) is 0. The van der Waals surface area contributed by atoms with Crippen molar-refractivity contribution in [1.29, 1.82) is 0 Å². The van der Waals surface area contributed by atoms with Gasteiger partial charge in [-0.25, -0.2) is 0 Å². The fourth-order valence-corrected chi connectivity index (χ4v) is 5.68. The molecule has 4 aromatic carbocycles. The Hall–Kier alpha value is -4.11. The van der Waals surface area contributed by atoms with Gasteiger partial charge in [0, 0.05) is 36.2 Å². The fourth-order valence-electron chi connectivity index (χ4n) is 5.68. The summed E-state index contributed by atoms with van der Waals surface area (Å²) in [6.07, 6.45) is 1.56. The number of para-hydroxylation sites is 1. The standard InChI is InChI=1S/C33H30N2O/c36-33-30(22-25-12-4-1-5-13-25)32-29(20-21-34(33)23-26-14-6-2-7-15-26)28-18-10-11-19-31(28)35(32)24-27-16-8-3-9-17-27/h1-19,30H,20-24H2. The van der Waals surface area contributed by atoms with Crippen LogP contribution in [0.1, 0.15) is 33.9 Å². The Morgan fingerprint density at radius 1 is 0.639 bits per heavy atom. The van der Waals surface area contributed by atoms with E-state index in [9.17, 15) is 4.79 Å². The SMILES string of the molecule is O=C1C(Cc2ccccc2)c2c(c3ccccc3n2Cc2ccccc2)CCN1Cc1ccccc1. The molecule has 1 aliphatic heterocycles. The maximum absolute atomic E-state index is 14.3. The molecule has 0 aliphatic carbocycles. The van der Waals surface area contributed by atoms with Crippen LogP contribution in [-0.4, -0.2) is 21.9 Å². The highest BCUT2D eigenvalue weighted by Gasteiger charge is 2.35. The van der Waals surface area contributed by atoms with Crippen LogP contribution in [0.3, 0.4) is 0 Å². The van der Waals surface area contributed by atoms with E-state index in [1.54, 1.807) is 0 Å². The van der Waals surface area contributed by atoms with Gasteiger partial charge in [0.05, 0.1) is 5.92 Å². The van der Waals surface area contributed by atoms with E-state index in [0.29, 0.717) is 13.0 Å². The van der Waals surface area contributed by atoms with Gasteiger partial charge in [-0.1, -0.05) is 109 Å². The van der Waals surface area contributed by atoms with Crippen LogP contribution in [0.5, 0.6) is 0 Å². The number of hydrogen-bond acceptors (Lipinski definition) is 1. The molecular formula is C33H30N2O. The van der Waals surface area contributed by atoms with Gasteiger partial charge in [0.1, 0.15) is 0 Å². The largest absolute Gasteiger partial charge is 0.339 e. The molecule has 0 saturated carbocycles. The van der Waals surface area contributed by atoms with Crippen LogP contribution >= 0.6 is 0 Å². The Labute approximate surface area is 212 Å². The number of fused-ring (bicyclic) bond motifs is 3. The van der Waals surface area contributed by atoms with Gasteiger partial charge in [-0.3, -0.25) is 4.79 Å². The Morgan fingerprint density at radius 2 is 1.19 bits per heavy atom. The molecule has 1 atom stereocenters. The molecule has 3 heteroatoms. The molecule has 0 fully saturated rings. The van der Waals surface area contributed by atoms with Crippen molar-refractivity contribution in [2.24, 2.45) is 0 Å². The predicted molar refractivity (Wildman–Crippen MR) is 146 cm³/mol. The average Bonchev–Trinajstić information content (AvgIpc) is 3.16. The second-order valence-corrected chi connectivity index (χ2v) is 9.69. The summed E-state index contributed by atoms with van der Waals surface area (Å²) in [6.45, 7) is 2.13. The van der Waals surface area contributed by atoms with Crippen LogP contribution in [0, 0.1) is 0 Å².